The summed E-state index contributed by atoms with van der Waals surface area (Å²) < 4.78 is 0.530. The molecule has 0 aromatic carbocycles. The van der Waals surface area contributed by atoms with E-state index >= 15 is 0 Å². The molecular formula is C8H9ClN2O2S. The summed E-state index contributed by atoms with van der Waals surface area (Å²) in [4.78, 5) is 22.5. The topological polar surface area (TPSA) is 72.2 Å². The zero-order valence-electron chi connectivity index (χ0n) is 7.41. The number of nitrogens with one attached hydrogen (secondary N) is 1. The maximum atomic E-state index is 11.4. The van der Waals surface area contributed by atoms with Gasteiger partial charge in [-0.25, -0.2) is 0 Å². The van der Waals surface area contributed by atoms with E-state index in [9.17, 15) is 9.59 Å². The van der Waals surface area contributed by atoms with Crippen molar-refractivity contribution in [1.29, 1.82) is 0 Å². The van der Waals surface area contributed by atoms with Gasteiger partial charge in [-0.15, -0.1) is 11.3 Å². The Kier molecular flexibility index (Phi) is 3.49. The summed E-state index contributed by atoms with van der Waals surface area (Å²) in [5.74, 6) is -0.908. The second kappa shape index (κ2) is 4.43. The predicted molar refractivity (Wildman–Crippen MR) is 55.5 cm³/mol. The van der Waals surface area contributed by atoms with E-state index in [1.807, 2.05) is 0 Å². The van der Waals surface area contributed by atoms with Crippen LogP contribution in [0.25, 0.3) is 0 Å². The maximum absolute atomic E-state index is 11.4. The van der Waals surface area contributed by atoms with Crippen LogP contribution in [-0.2, 0) is 4.79 Å². The molecule has 3 N–H and O–H groups in total. The Balaban J connectivity index is 2.63. The molecule has 1 rings (SSSR count). The van der Waals surface area contributed by atoms with Crippen molar-refractivity contribution in [2.24, 2.45) is 5.73 Å². The van der Waals surface area contributed by atoms with Gasteiger partial charge in [-0.1, -0.05) is 11.6 Å². The first-order valence-corrected chi connectivity index (χ1v) is 5.05. The molecule has 2 amide bonds. The number of carbonyl (C=O) groups excluding carboxylic acids is 2. The highest BCUT2D eigenvalue weighted by Gasteiger charge is 2.14. The van der Waals surface area contributed by atoms with Crippen LogP contribution >= 0.6 is 22.9 Å². The van der Waals surface area contributed by atoms with E-state index in [4.69, 9.17) is 17.3 Å². The predicted octanol–water partition coefficient (Wildman–Crippen LogP) is 1.01. The average Bonchev–Trinajstić information content (AvgIpc) is 2.51. The molecule has 0 radical (unpaired) electrons. The molecule has 1 heterocycles. The minimum atomic E-state index is -0.677. The average molecular weight is 233 g/mol. The van der Waals surface area contributed by atoms with Gasteiger partial charge in [0.15, 0.2) is 0 Å². The van der Waals surface area contributed by atoms with E-state index in [2.05, 4.69) is 5.32 Å². The Labute approximate surface area is 90.0 Å². The summed E-state index contributed by atoms with van der Waals surface area (Å²) in [6, 6.07) is 2.54. The molecule has 0 fully saturated rings. The second-order valence-corrected chi connectivity index (χ2v) is 4.42. The van der Waals surface area contributed by atoms with E-state index in [0.29, 0.717) is 9.21 Å². The van der Waals surface area contributed by atoms with E-state index < -0.39 is 11.9 Å². The third kappa shape index (κ3) is 2.71. The zero-order chi connectivity index (χ0) is 10.7. The van der Waals surface area contributed by atoms with Crippen LogP contribution in [0.4, 0.5) is 0 Å². The summed E-state index contributed by atoms with van der Waals surface area (Å²) in [6.07, 6.45) is 0. The smallest absolute Gasteiger partial charge is 0.262 e. The fourth-order valence-electron chi connectivity index (χ4n) is 0.775. The normalized spacial score (nSPS) is 12.1. The van der Waals surface area contributed by atoms with Crippen LogP contribution in [0.15, 0.2) is 12.1 Å². The lowest BCUT2D eigenvalue weighted by Crippen LogP contribution is -2.41. The van der Waals surface area contributed by atoms with Gasteiger partial charge < -0.3 is 11.1 Å². The molecule has 14 heavy (non-hydrogen) atoms. The minimum absolute atomic E-state index is 0.340. The molecule has 0 aliphatic carbocycles. The molecule has 0 aliphatic rings. The van der Waals surface area contributed by atoms with Gasteiger partial charge in [0, 0.05) is 0 Å². The Morgan fingerprint density at radius 3 is 2.64 bits per heavy atom. The number of hydrogen-bond acceptors (Lipinski definition) is 3. The number of hydrogen-bond donors (Lipinski definition) is 2. The van der Waals surface area contributed by atoms with E-state index in [-0.39, 0.29) is 5.91 Å². The number of primary amides is 1. The fourth-order valence-corrected chi connectivity index (χ4v) is 1.72. The molecule has 1 aromatic heterocycles. The van der Waals surface area contributed by atoms with E-state index in [0.717, 1.165) is 11.3 Å². The fraction of sp³-hybridized carbons (Fsp3) is 0.250. The lowest BCUT2D eigenvalue weighted by molar-refractivity contribution is -0.119. The molecule has 0 saturated carbocycles. The first-order chi connectivity index (χ1) is 6.50. The summed E-state index contributed by atoms with van der Waals surface area (Å²) in [6.45, 7) is 1.52. The van der Waals surface area contributed by atoms with Crippen LogP contribution in [-0.4, -0.2) is 17.9 Å². The van der Waals surface area contributed by atoms with Gasteiger partial charge in [-0.05, 0) is 19.1 Å². The molecule has 0 saturated heterocycles. The lowest BCUT2D eigenvalue weighted by Gasteiger charge is -2.08. The van der Waals surface area contributed by atoms with Gasteiger partial charge in [0.1, 0.15) is 6.04 Å². The molecule has 0 spiro atoms. The van der Waals surface area contributed by atoms with Crippen molar-refractivity contribution in [1.82, 2.24) is 5.32 Å². The number of rotatable bonds is 3. The van der Waals surface area contributed by atoms with Crippen molar-refractivity contribution in [3.05, 3.63) is 21.3 Å². The van der Waals surface area contributed by atoms with Crippen molar-refractivity contribution in [3.63, 3.8) is 0 Å². The van der Waals surface area contributed by atoms with Crippen molar-refractivity contribution < 1.29 is 9.59 Å². The highest BCUT2D eigenvalue weighted by molar-refractivity contribution is 7.18. The highest BCUT2D eigenvalue weighted by Crippen LogP contribution is 2.21. The van der Waals surface area contributed by atoms with Gasteiger partial charge in [0.25, 0.3) is 5.91 Å². The largest absolute Gasteiger partial charge is 0.368 e. The molecule has 0 aliphatic heterocycles. The Hall–Kier alpha value is -1.07. The third-order valence-corrected chi connectivity index (χ3v) is 2.80. The Morgan fingerprint density at radius 1 is 1.57 bits per heavy atom. The summed E-state index contributed by atoms with van der Waals surface area (Å²) in [5, 5.41) is 2.45. The zero-order valence-corrected chi connectivity index (χ0v) is 8.98. The molecule has 0 unspecified atom stereocenters. The van der Waals surface area contributed by atoms with Crippen LogP contribution in [0.2, 0.25) is 4.34 Å². The molecule has 4 nitrogen and oxygen atoms in total. The monoisotopic (exact) mass is 232 g/mol. The first-order valence-electron chi connectivity index (χ1n) is 3.86. The molecule has 6 heteroatoms. The third-order valence-electron chi connectivity index (χ3n) is 1.57. The SMILES string of the molecule is C[C@H](NC(=O)c1ccc(Cl)s1)C(N)=O. The van der Waals surface area contributed by atoms with Crippen molar-refractivity contribution >= 4 is 34.8 Å². The van der Waals surface area contributed by atoms with Crippen LogP contribution < -0.4 is 11.1 Å². The van der Waals surface area contributed by atoms with E-state index in [1.165, 1.54) is 6.92 Å². The number of halogens is 1. The quantitative estimate of drug-likeness (QED) is 0.816. The van der Waals surface area contributed by atoms with Crippen LogP contribution in [0, 0.1) is 0 Å². The Bertz CT molecular complexity index is 364. The Morgan fingerprint density at radius 2 is 2.21 bits per heavy atom. The van der Waals surface area contributed by atoms with E-state index in [1.54, 1.807) is 12.1 Å². The summed E-state index contributed by atoms with van der Waals surface area (Å²) >= 11 is 6.80. The molecular weight excluding hydrogens is 224 g/mol. The number of amides is 2. The van der Waals surface area contributed by atoms with Crippen LogP contribution in [0.3, 0.4) is 0 Å². The standard InChI is InChI=1S/C8H9ClN2O2S/c1-4(7(10)12)11-8(13)5-2-3-6(9)14-5/h2-4H,1H3,(H2,10,12)(H,11,13)/t4-/m0/s1. The van der Waals surface area contributed by atoms with Crippen molar-refractivity contribution in [2.45, 2.75) is 13.0 Å². The van der Waals surface area contributed by atoms with Crippen LogP contribution in [0.5, 0.6) is 0 Å². The van der Waals surface area contributed by atoms with Crippen molar-refractivity contribution in [3.8, 4) is 0 Å². The van der Waals surface area contributed by atoms with Crippen molar-refractivity contribution in [2.75, 3.05) is 0 Å². The first kappa shape index (κ1) is 11.0. The van der Waals surface area contributed by atoms with Gasteiger partial charge in [0.05, 0.1) is 9.21 Å². The molecule has 1 aromatic rings. The number of carbonyl (C=O) groups is 2. The summed E-state index contributed by atoms with van der Waals surface area (Å²) in [7, 11) is 0. The van der Waals surface area contributed by atoms with Gasteiger partial charge >= 0.3 is 0 Å². The number of nitrogens with two attached hydrogens (primary N) is 1. The maximum Gasteiger partial charge on any atom is 0.262 e. The summed E-state index contributed by atoms with van der Waals surface area (Å²) in [5.41, 5.74) is 4.99. The van der Waals surface area contributed by atoms with Gasteiger partial charge in [-0.2, -0.15) is 0 Å². The second-order valence-electron chi connectivity index (χ2n) is 2.70. The van der Waals surface area contributed by atoms with Crippen LogP contribution in [0.1, 0.15) is 16.6 Å². The van der Waals surface area contributed by atoms with Gasteiger partial charge in [0.2, 0.25) is 5.91 Å². The molecule has 0 bridgehead atoms. The number of thiophene rings is 1. The molecule has 76 valence electrons. The minimum Gasteiger partial charge on any atom is -0.368 e. The lowest BCUT2D eigenvalue weighted by atomic mass is 10.3. The highest BCUT2D eigenvalue weighted by atomic mass is 35.5. The molecule has 1 atom stereocenters. The van der Waals surface area contributed by atoms with Gasteiger partial charge in [-0.3, -0.25) is 9.59 Å².